The molecule has 132 valence electrons. The second kappa shape index (κ2) is 7.83. The number of ether oxygens (including phenoxy) is 1. The first-order valence-corrected chi connectivity index (χ1v) is 7.62. The maximum atomic E-state index is 12.8. The number of nitrogens with zero attached hydrogens (tertiary/aromatic N) is 3. The fourth-order valence-corrected chi connectivity index (χ4v) is 2.67. The highest BCUT2D eigenvalue weighted by Gasteiger charge is 2.33. The van der Waals surface area contributed by atoms with E-state index in [-0.39, 0.29) is 6.54 Å². The summed E-state index contributed by atoms with van der Waals surface area (Å²) in [5.74, 6) is 0. The molecule has 1 N–H and O–H groups in total. The van der Waals surface area contributed by atoms with Crippen LogP contribution in [-0.4, -0.2) is 62.6 Å². The Morgan fingerprint density at radius 1 is 1.38 bits per heavy atom. The Morgan fingerprint density at radius 3 is 2.62 bits per heavy atom. The lowest BCUT2D eigenvalue weighted by Gasteiger charge is -2.30. The van der Waals surface area contributed by atoms with Crippen LogP contribution in [0.15, 0.2) is 18.2 Å². The Morgan fingerprint density at radius 2 is 2.04 bits per heavy atom. The summed E-state index contributed by atoms with van der Waals surface area (Å²) in [4.78, 5) is 3.72. The van der Waals surface area contributed by atoms with Crippen molar-refractivity contribution in [3.05, 3.63) is 29.3 Å². The van der Waals surface area contributed by atoms with E-state index in [0.29, 0.717) is 25.4 Å². The SMILES string of the molecule is CN(C[C@@H](O)CN1CCOCC1)c1ccc(C(F)(F)F)c(C#N)c1. The van der Waals surface area contributed by atoms with Gasteiger partial charge >= 0.3 is 6.18 Å². The minimum Gasteiger partial charge on any atom is -0.390 e. The van der Waals surface area contributed by atoms with Crippen LogP contribution in [0.2, 0.25) is 0 Å². The number of morpholine rings is 1. The van der Waals surface area contributed by atoms with Crippen LogP contribution in [0.4, 0.5) is 18.9 Å². The van der Waals surface area contributed by atoms with Crippen LogP contribution in [0, 0.1) is 11.3 Å². The first kappa shape index (κ1) is 18.5. The molecule has 0 radical (unpaired) electrons. The fourth-order valence-electron chi connectivity index (χ4n) is 2.67. The zero-order valence-corrected chi connectivity index (χ0v) is 13.4. The summed E-state index contributed by atoms with van der Waals surface area (Å²) in [6, 6.07) is 5.00. The molecule has 0 aromatic heterocycles. The van der Waals surface area contributed by atoms with E-state index in [2.05, 4.69) is 4.90 Å². The lowest BCUT2D eigenvalue weighted by atomic mass is 10.1. The number of aliphatic hydroxyl groups excluding tert-OH is 1. The number of aliphatic hydroxyl groups is 1. The molecule has 24 heavy (non-hydrogen) atoms. The molecule has 1 aliphatic rings. The molecule has 8 heteroatoms. The molecule has 1 aromatic rings. The predicted molar refractivity (Wildman–Crippen MR) is 82.7 cm³/mol. The van der Waals surface area contributed by atoms with Crippen LogP contribution < -0.4 is 4.90 Å². The maximum absolute atomic E-state index is 12.8. The minimum absolute atomic E-state index is 0.258. The van der Waals surface area contributed by atoms with Gasteiger partial charge in [0.2, 0.25) is 0 Å². The normalized spacial score (nSPS) is 17.3. The first-order chi connectivity index (χ1) is 11.3. The number of anilines is 1. The topological polar surface area (TPSA) is 59.7 Å². The fraction of sp³-hybridized carbons (Fsp3) is 0.562. The van der Waals surface area contributed by atoms with Crippen LogP contribution in [0.3, 0.4) is 0 Å². The highest BCUT2D eigenvalue weighted by molar-refractivity contribution is 5.55. The standard InChI is InChI=1S/C16H20F3N3O2/c1-21(10-14(23)11-22-4-6-24-7-5-22)13-2-3-15(16(17,18)19)12(8-13)9-20/h2-3,8,14,23H,4-7,10-11H2,1H3/t14-/m1/s1. The zero-order valence-electron chi connectivity index (χ0n) is 13.4. The Labute approximate surface area is 138 Å². The van der Waals surface area contributed by atoms with Crippen molar-refractivity contribution in [3.63, 3.8) is 0 Å². The number of nitriles is 1. The molecule has 1 heterocycles. The lowest BCUT2D eigenvalue weighted by molar-refractivity contribution is -0.137. The van der Waals surface area contributed by atoms with Crippen LogP contribution >= 0.6 is 0 Å². The molecule has 0 saturated carbocycles. The van der Waals surface area contributed by atoms with Crippen molar-refractivity contribution < 1.29 is 23.0 Å². The van der Waals surface area contributed by atoms with Crippen molar-refractivity contribution in [2.75, 3.05) is 51.3 Å². The summed E-state index contributed by atoms with van der Waals surface area (Å²) in [7, 11) is 1.67. The smallest absolute Gasteiger partial charge is 0.390 e. The highest BCUT2D eigenvalue weighted by Crippen LogP contribution is 2.33. The number of β-amino-alcohol motifs (C(OH)–C–C–N with tert-alkyl or cyclic N) is 1. The summed E-state index contributed by atoms with van der Waals surface area (Å²) < 4.78 is 43.7. The second-order valence-electron chi connectivity index (χ2n) is 5.79. The van der Waals surface area contributed by atoms with E-state index in [4.69, 9.17) is 10.00 Å². The van der Waals surface area contributed by atoms with E-state index in [0.717, 1.165) is 19.2 Å². The van der Waals surface area contributed by atoms with Crippen LogP contribution in [-0.2, 0) is 10.9 Å². The molecule has 0 aliphatic carbocycles. The van der Waals surface area contributed by atoms with Gasteiger partial charge in [-0.3, -0.25) is 4.90 Å². The van der Waals surface area contributed by atoms with E-state index < -0.39 is 23.4 Å². The van der Waals surface area contributed by atoms with Gasteiger partial charge in [0.15, 0.2) is 0 Å². The van der Waals surface area contributed by atoms with Gasteiger partial charge < -0.3 is 14.7 Å². The Kier molecular flexibility index (Phi) is 6.04. The van der Waals surface area contributed by atoms with Crippen molar-refractivity contribution in [1.82, 2.24) is 4.90 Å². The molecular formula is C16H20F3N3O2. The van der Waals surface area contributed by atoms with Crippen molar-refractivity contribution in [2.24, 2.45) is 0 Å². The summed E-state index contributed by atoms with van der Waals surface area (Å²) in [5, 5.41) is 19.1. The molecule has 1 atom stereocenters. The van der Waals surface area contributed by atoms with Crippen molar-refractivity contribution in [1.29, 1.82) is 5.26 Å². The van der Waals surface area contributed by atoms with Gasteiger partial charge in [-0.1, -0.05) is 0 Å². The number of likely N-dealkylation sites (N-methyl/N-ethyl adjacent to an activating group) is 1. The van der Waals surface area contributed by atoms with Gasteiger partial charge in [-0.25, -0.2) is 0 Å². The number of hydrogen-bond acceptors (Lipinski definition) is 5. The van der Waals surface area contributed by atoms with Crippen LogP contribution in [0.5, 0.6) is 0 Å². The zero-order chi connectivity index (χ0) is 17.7. The molecule has 0 unspecified atom stereocenters. The third kappa shape index (κ3) is 4.84. The molecule has 1 fully saturated rings. The summed E-state index contributed by atoms with van der Waals surface area (Å²) in [6.07, 6.45) is -5.21. The number of rotatable bonds is 5. The van der Waals surface area contributed by atoms with Crippen LogP contribution in [0.25, 0.3) is 0 Å². The van der Waals surface area contributed by atoms with E-state index in [1.165, 1.54) is 12.1 Å². The molecule has 1 aromatic carbocycles. The minimum atomic E-state index is -4.56. The molecule has 2 rings (SSSR count). The summed E-state index contributed by atoms with van der Waals surface area (Å²) >= 11 is 0. The van der Waals surface area contributed by atoms with E-state index in [1.807, 2.05) is 0 Å². The van der Waals surface area contributed by atoms with Gasteiger partial charge in [0.1, 0.15) is 0 Å². The Bertz CT molecular complexity index is 595. The van der Waals surface area contributed by atoms with E-state index >= 15 is 0 Å². The number of benzene rings is 1. The third-order valence-corrected chi connectivity index (χ3v) is 3.93. The monoisotopic (exact) mass is 343 g/mol. The molecule has 1 aliphatic heterocycles. The number of halogens is 3. The van der Waals surface area contributed by atoms with Crippen LogP contribution in [0.1, 0.15) is 11.1 Å². The largest absolute Gasteiger partial charge is 0.417 e. The molecule has 0 amide bonds. The quantitative estimate of drug-likeness (QED) is 0.882. The van der Waals surface area contributed by atoms with E-state index in [1.54, 1.807) is 18.0 Å². The average Bonchev–Trinajstić information content (AvgIpc) is 2.54. The summed E-state index contributed by atoms with van der Waals surface area (Å²) in [6.45, 7) is 3.49. The van der Waals surface area contributed by atoms with Crippen molar-refractivity contribution in [2.45, 2.75) is 12.3 Å². The molecule has 0 spiro atoms. The second-order valence-corrected chi connectivity index (χ2v) is 5.79. The van der Waals surface area contributed by atoms with Gasteiger partial charge in [0, 0.05) is 38.9 Å². The predicted octanol–water partition coefficient (Wildman–Crippen LogP) is 1.71. The number of alkyl halides is 3. The first-order valence-electron chi connectivity index (χ1n) is 7.62. The summed E-state index contributed by atoms with van der Waals surface area (Å²) in [5.41, 5.74) is -0.911. The van der Waals surface area contributed by atoms with E-state index in [9.17, 15) is 18.3 Å². The Balaban J connectivity index is 2.01. The van der Waals surface area contributed by atoms with Gasteiger partial charge in [-0.05, 0) is 18.2 Å². The van der Waals surface area contributed by atoms with Crippen molar-refractivity contribution in [3.8, 4) is 6.07 Å². The highest BCUT2D eigenvalue weighted by atomic mass is 19.4. The van der Waals surface area contributed by atoms with Gasteiger partial charge in [0.05, 0.1) is 36.5 Å². The third-order valence-electron chi connectivity index (χ3n) is 3.93. The number of hydrogen-bond donors (Lipinski definition) is 1. The molecule has 0 bridgehead atoms. The van der Waals surface area contributed by atoms with Gasteiger partial charge in [-0.2, -0.15) is 18.4 Å². The molecular weight excluding hydrogens is 323 g/mol. The molecule has 5 nitrogen and oxygen atoms in total. The lowest BCUT2D eigenvalue weighted by Crippen LogP contribution is -2.44. The molecule has 1 saturated heterocycles. The van der Waals surface area contributed by atoms with Gasteiger partial charge in [0.25, 0.3) is 0 Å². The van der Waals surface area contributed by atoms with Crippen molar-refractivity contribution >= 4 is 5.69 Å². The average molecular weight is 343 g/mol. The maximum Gasteiger partial charge on any atom is 0.417 e. The Hall–Kier alpha value is -1.82. The van der Waals surface area contributed by atoms with Gasteiger partial charge in [-0.15, -0.1) is 0 Å².